The molecule has 2 rings (SSSR count). The van der Waals surface area contributed by atoms with Gasteiger partial charge in [-0.15, -0.1) is 0 Å². The maximum Gasteiger partial charge on any atom is 0.271 e. The minimum absolute atomic E-state index is 0.101. The average Bonchev–Trinajstić information content (AvgIpc) is 2.44. The molecule has 4 nitrogen and oxygen atoms in total. The summed E-state index contributed by atoms with van der Waals surface area (Å²) in [4.78, 5) is 11.8. The van der Waals surface area contributed by atoms with E-state index in [0.717, 1.165) is 5.56 Å². The summed E-state index contributed by atoms with van der Waals surface area (Å²) in [5.74, 6) is -0.262. The second-order valence-corrected chi connectivity index (χ2v) is 4.63. The van der Waals surface area contributed by atoms with E-state index in [-0.39, 0.29) is 11.7 Å². The van der Waals surface area contributed by atoms with Gasteiger partial charge in [0.1, 0.15) is 5.75 Å². The van der Waals surface area contributed by atoms with Crippen molar-refractivity contribution in [3.8, 4) is 5.75 Å². The van der Waals surface area contributed by atoms with Crippen molar-refractivity contribution in [1.82, 2.24) is 5.43 Å². The van der Waals surface area contributed by atoms with Crippen molar-refractivity contribution >= 4 is 23.7 Å². The van der Waals surface area contributed by atoms with Crippen LogP contribution in [-0.2, 0) is 0 Å². The summed E-state index contributed by atoms with van der Waals surface area (Å²) in [6.45, 7) is 1.86. The van der Waals surface area contributed by atoms with Crippen LogP contribution in [0.2, 0.25) is 5.02 Å². The first kappa shape index (κ1) is 14.1. The molecular weight excluding hydrogens is 276 g/mol. The molecule has 0 atom stereocenters. The molecule has 102 valence electrons. The standard InChI is InChI=1S/C15H13ClN2O2/c1-10-6-7-11(8-13(10)16)15(20)18-17-9-12-4-2-3-5-14(12)19/h2-9,19H,1H3,(H,18,20)/b17-9-. The number of phenolic OH excluding ortho intramolecular Hbond substituents is 1. The number of carbonyl (C=O) groups is 1. The largest absolute Gasteiger partial charge is 0.507 e. The minimum Gasteiger partial charge on any atom is -0.507 e. The zero-order chi connectivity index (χ0) is 14.5. The van der Waals surface area contributed by atoms with Crippen LogP contribution in [0.1, 0.15) is 21.5 Å². The van der Waals surface area contributed by atoms with Gasteiger partial charge in [-0.25, -0.2) is 5.43 Å². The highest BCUT2D eigenvalue weighted by Crippen LogP contribution is 2.16. The van der Waals surface area contributed by atoms with E-state index in [1.54, 1.807) is 42.5 Å². The molecule has 0 radical (unpaired) electrons. The molecule has 0 heterocycles. The summed E-state index contributed by atoms with van der Waals surface area (Å²) < 4.78 is 0. The fourth-order valence-electron chi connectivity index (χ4n) is 1.56. The number of hydrogen-bond acceptors (Lipinski definition) is 3. The van der Waals surface area contributed by atoms with Crippen molar-refractivity contribution in [2.75, 3.05) is 0 Å². The lowest BCUT2D eigenvalue weighted by Crippen LogP contribution is -2.17. The first-order valence-corrected chi connectivity index (χ1v) is 6.33. The third-order valence-corrected chi connectivity index (χ3v) is 3.15. The Balaban J connectivity index is 2.05. The van der Waals surface area contributed by atoms with Gasteiger partial charge in [-0.05, 0) is 36.8 Å². The maximum absolute atomic E-state index is 11.8. The Morgan fingerprint density at radius 2 is 2.05 bits per heavy atom. The Bertz CT molecular complexity index is 669. The number of carbonyl (C=O) groups excluding carboxylic acids is 1. The number of rotatable bonds is 3. The second-order valence-electron chi connectivity index (χ2n) is 4.22. The number of benzene rings is 2. The van der Waals surface area contributed by atoms with E-state index in [2.05, 4.69) is 10.5 Å². The van der Waals surface area contributed by atoms with Crippen molar-refractivity contribution < 1.29 is 9.90 Å². The number of aryl methyl sites for hydroxylation is 1. The third kappa shape index (κ3) is 3.36. The number of amides is 1. The van der Waals surface area contributed by atoms with E-state index in [9.17, 15) is 9.90 Å². The van der Waals surface area contributed by atoms with Crippen LogP contribution in [0, 0.1) is 6.92 Å². The molecule has 0 aliphatic carbocycles. The van der Waals surface area contributed by atoms with Gasteiger partial charge < -0.3 is 5.11 Å². The third-order valence-electron chi connectivity index (χ3n) is 2.74. The Hall–Kier alpha value is -2.33. The van der Waals surface area contributed by atoms with Crippen molar-refractivity contribution in [3.05, 3.63) is 64.2 Å². The highest BCUT2D eigenvalue weighted by molar-refractivity contribution is 6.31. The van der Waals surface area contributed by atoms with Crippen LogP contribution < -0.4 is 5.43 Å². The van der Waals surface area contributed by atoms with Gasteiger partial charge in [0.05, 0.1) is 6.21 Å². The van der Waals surface area contributed by atoms with E-state index in [4.69, 9.17) is 11.6 Å². The Labute approximate surface area is 121 Å². The van der Waals surface area contributed by atoms with Crippen LogP contribution in [0.5, 0.6) is 5.75 Å². The number of hydrogen-bond donors (Lipinski definition) is 2. The SMILES string of the molecule is Cc1ccc(C(=O)N/N=C\c2ccccc2O)cc1Cl. The molecule has 0 fully saturated rings. The molecule has 0 aliphatic rings. The van der Waals surface area contributed by atoms with E-state index in [0.29, 0.717) is 16.1 Å². The Morgan fingerprint density at radius 1 is 1.30 bits per heavy atom. The zero-order valence-corrected chi connectivity index (χ0v) is 11.6. The monoisotopic (exact) mass is 288 g/mol. The molecule has 0 unspecified atom stereocenters. The number of phenols is 1. The van der Waals surface area contributed by atoms with Gasteiger partial charge in [-0.1, -0.05) is 29.8 Å². The number of para-hydroxylation sites is 1. The Morgan fingerprint density at radius 3 is 2.75 bits per heavy atom. The summed E-state index contributed by atoms with van der Waals surface area (Å²) in [5.41, 5.74) is 4.23. The van der Waals surface area contributed by atoms with E-state index >= 15 is 0 Å². The quantitative estimate of drug-likeness (QED) is 0.673. The molecule has 0 aromatic heterocycles. The van der Waals surface area contributed by atoms with Gasteiger partial charge in [0.15, 0.2) is 0 Å². The van der Waals surface area contributed by atoms with Crippen molar-refractivity contribution in [2.45, 2.75) is 6.92 Å². The number of nitrogens with zero attached hydrogens (tertiary/aromatic N) is 1. The lowest BCUT2D eigenvalue weighted by atomic mass is 10.1. The lowest BCUT2D eigenvalue weighted by Gasteiger charge is -2.02. The average molecular weight is 289 g/mol. The molecule has 0 bridgehead atoms. The summed E-state index contributed by atoms with van der Waals surface area (Å²) in [5, 5.41) is 13.9. The topological polar surface area (TPSA) is 61.7 Å². The van der Waals surface area contributed by atoms with Crippen molar-refractivity contribution in [2.24, 2.45) is 5.10 Å². The van der Waals surface area contributed by atoms with Crippen LogP contribution in [0.4, 0.5) is 0 Å². The van der Waals surface area contributed by atoms with Gasteiger partial charge >= 0.3 is 0 Å². The van der Waals surface area contributed by atoms with Crippen LogP contribution in [0.15, 0.2) is 47.6 Å². The van der Waals surface area contributed by atoms with Crippen LogP contribution >= 0.6 is 11.6 Å². The fraction of sp³-hybridized carbons (Fsp3) is 0.0667. The summed E-state index contributed by atoms with van der Waals surface area (Å²) in [6.07, 6.45) is 1.38. The van der Waals surface area contributed by atoms with Gasteiger partial charge in [-0.2, -0.15) is 5.10 Å². The molecule has 2 N–H and O–H groups in total. The number of aromatic hydroxyl groups is 1. The molecule has 2 aromatic carbocycles. The molecule has 0 saturated heterocycles. The number of hydrazone groups is 1. The van der Waals surface area contributed by atoms with E-state index in [1.165, 1.54) is 6.21 Å². The van der Waals surface area contributed by atoms with Crippen molar-refractivity contribution in [3.63, 3.8) is 0 Å². The summed E-state index contributed by atoms with van der Waals surface area (Å²) >= 11 is 5.96. The van der Waals surface area contributed by atoms with Crippen LogP contribution in [-0.4, -0.2) is 17.2 Å². The van der Waals surface area contributed by atoms with Gasteiger partial charge in [0.25, 0.3) is 5.91 Å². The molecule has 0 aliphatic heterocycles. The molecule has 0 spiro atoms. The molecule has 2 aromatic rings. The number of halogens is 1. The zero-order valence-electron chi connectivity index (χ0n) is 10.8. The highest BCUT2D eigenvalue weighted by Gasteiger charge is 2.06. The van der Waals surface area contributed by atoms with E-state index < -0.39 is 0 Å². The highest BCUT2D eigenvalue weighted by atomic mass is 35.5. The first-order valence-electron chi connectivity index (χ1n) is 5.95. The predicted molar refractivity (Wildman–Crippen MR) is 79.4 cm³/mol. The van der Waals surface area contributed by atoms with Gasteiger partial charge in [-0.3, -0.25) is 4.79 Å². The van der Waals surface area contributed by atoms with Crippen LogP contribution in [0.25, 0.3) is 0 Å². The Kier molecular flexibility index (Phi) is 4.38. The predicted octanol–water partition coefficient (Wildman–Crippen LogP) is 3.12. The fourth-order valence-corrected chi connectivity index (χ4v) is 1.74. The normalized spacial score (nSPS) is 10.7. The summed E-state index contributed by atoms with van der Waals surface area (Å²) in [7, 11) is 0. The minimum atomic E-state index is -0.362. The molecule has 20 heavy (non-hydrogen) atoms. The maximum atomic E-state index is 11.8. The molecular formula is C15H13ClN2O2. The molecule has 0 saturated carbocycles. The van der Waals surface area contributed by atoms with Gasteiger partial charge in [0, 0.05) is 16.1 Å². The van der Waals surface area contributed by atoms with Crippen LogP contribution in [0.3, 0.4) is 0 Å². The smallest absolute Gasteiger partial charge is 0.271 e. The lowest BCUT2D eigenvalue weighted by molar-refractivity contribution is 0.0955. The summed E-state index contributed by atoms with van der Waals surface area (Å²) in [6, 6.07) is 11.7. The van der Waals surface area contributed by atoms with Gasteiger partial charge in [0.2, 0.25) is 0 Å². The van der Waals surface area contributed by atoms with Crippen molar-refractivity contribution in [1.29, 1.82) is 0 Å². The number of nitrogens with one attached hydrogen (secondary N) is 1. The molecule has 5 heteroatoms. The first-order chi connectivity index (χ1) is 9.58. The second kappa shape index (κ2) is 6.21. The van der Waals surface area contributed by atoms with E-state index in [1.807, 2.05) is 6.92 Å². The molecule has 1 amide bonds.